The summed E-state index contributed by atoms with van der Waals surface area (Å²) >= 11 is 0. The first-order valence-corrected chi connectivity index (χ1v) is 7.71. The zero-order valence-electron chi connectivity index (χ0n) is 13.5. The molecule has 0 fully saturated rings. The van der Waals surface area contributed by atoms with Crippen LogP contribution in [0.25, 0.3) is 0 Å². The summed E-state index contributed by atoms with van der Waals surface area (Å²) in [5.41, 5.74) is 0.917. The zero-order chi connectivity index (χ0) is 16.5. The van der Waals surface area contributed by atoms with E-state index in [0.29, 0.717) is 19.6 Å². The van der Waals surface area contributed by atoms with Gasteiger partial charge in [-0.3, -0.25) is 19.8 Å². The Bertz CT molecular complexity index is 505. The van der Waals surface area contributed by atoms with Crippen LogP contribution in [0.2, 0.25) is 0 Å². The molecule has 0 bridgehead atoms. The van der Waals surface area contributed by atoms with Crippen molar-refractivity contribution < 1.29 is 9.72 Å². The number of nitrogens with zero attached hydrogens (tertiary/aromatic N) is 2. The van der Waals surface area contributed by atoms with Crippen LogP contribution in [0.4, 0.5) is 5.69 Å². The number of carbonyl (C=O) groups excluding carboxylic acids is 1. The maximum absolute atomic E-state index is 12.0. The van der Waals surface area contributed by atoms with Crippen LogP contribution < -0.4 is 5.32 Å². The van der Waals surface area contributed by atoms with E-state index in [0.717, 1.165) is 18.4 Å². The van der Waals surface area contributed by atoms with Gasteiger partial charge in [-0.05, 0) is 25.5 Å². The highest BCUT2D eigenvalue weighted by Crippen LogP contribution is 2.14. The third-order valence-corrected chi connectivity index (χ3v) is 3.47. The Balaban J connectivity index is 2.59. The Labute approximate surface area is 131 Å². The lowest BCUT2D eigenvalue weighted by molar-refractivity contribution is -0.384. The molecule has 0 unspecified atom stereocenters. The number of amides is 1. The van der Waals surface area contributed by atoms with Gasteiger partial charge < -0.3 is 5.32 Å². The molecular weight excluding hydrogens is 282 g/mol. The maximum atomic E-state index is 12.0. The van der Waals surface area contributed by atoms with Gasteiger partial charge in [-0.25, -0.2) is 0 Å². The fraction of sp³-hybridized carbons (Fsp3) is 0.562. The largest absolute Gasteiger partial charge is 0.353 e. The SMILES string of the molecule is CCC[C@@H](C)NC(=O)CN(CC)Cc1cccc([N+](=O)[O-])c1. The average molecular weight is 307 g/mol. The van der Waals surface area contributed by atoms with Gasteiger partial charge in [0.25, 0.3) is 5.69 Å². The monoisotopic (exact) mass is 307 g/mol. The normalized spacial score (nSPS) is 12.2. The van der Waals surface area contributed by atoms with Crippen LogP contribution in [-0.2, 0) is 11.3 Å². The average Bonchev–Trinajstić information content (AvgIpc) is 2.46. The number of nitro benzene ring substituents is 1. The molecule has 0 aromatic heterocycles. The Kier molecular flexibility index (Phi) is 7.52. The molecule has 0 saturated heterocycles. The second kappa shape index (κ2) is 9.15. The number of hydrogen-bond donors (Lipinski definition) is 1. The molecule has 1 aromatic rings. The van der Waals surface area contributed by atoms with E-state index >= 15 is 0 Å². The third-order valence-electron chi connectivity index (χ3n) is 3.47. The number of rotatable bonds is 9. The summed E-state index contributed by atoms with van der Waals surface area (Å²) in [6.07, 6.45) is 2.00. The summed E-state index contributed by atoms with van der Waals surface area (Å²) < 4.78 is 0. The number of hydrogen-bond acceptors (Lipinski definition) is 4. The van der Waals surface area contributed by atoms with E-state index in [1.54, 1.807) is 12.1 Å². The van der Waals surface area contributed by atoms with Gasteiger partial charge in [0.2, 0.25) is 5.91 Å². The summed E-state index contributed by atoms with van der Waals surface area (Å²) in [7, 11) is 0. The second-order valence-corrected chi connectivity index (χ2v) is 5.49. The zero-order valence-corrected chi connectivity index (χ0v) is 13.5. The Morgan fingerprint density at radius 2 is 2.14 bits per heavy atom. The molecule has 0 saturated carbocycles. The topological polar surface area (TPSA) is 75.5 Å². The maximum Gasteiger partial charge on any atom is 0.269 e. The van der Waals surface area contributed by atoms with Crippen LogP contribution >= 0.6 is 0 Å². The molecule has 1 aromatic carbocycles. The van der Waals surface area contributed by atoms with Crippen LogP contribution in [0.15, 0.2) is 24.3 Å². The van der Waals surface area contributed by atoms with E-state index in [1.807, 2.05) is 24.8 Å². The van der Waals surface area contributed by atoms with Crippen molar-refractivity contribution in [1.29, 1.82) is 0 Å². The van der Waals surface area contributed by atoms with Gasteiger partial charge in [0.05, 0.1) is 11.5 Å². The van der Waals surface area contributed by atoms with Crippen molar-refractivity contribution >= 4 is 11.6 Å². The highest BCUT2D eigenvalue weighted by Gasteiger charge is 2.13. The van der Waals surface area contributed by atoms with Crippen molar-refractivity contribution in [3.05, 3.63) is 39.9 Å². The number of likely N-dealkylation sites (N-methyl/N-ethyl adjacent to an activating group) is 1. The smallest absolute Gasteiger partial charge is 0.269 e. The molecule has 122 valence electrons. The summed E-state index contributed by atoms with van der Waals surface area (Å²) in [5, 5.41) is 13.8. The summed E-state index contributed by atoms with van der Waals surface area (Å²) in [6, 6.07) is 6.71. The highest BCUT2D eigenvalue weighted by atomic mass is 16.6. The molecule has 0 spiro atoms. The van der Waals surface area contributed by atoms with Crippen molar-refractivity contribution in [3.63, 3.8) is 0 Å². The van der Waals surface area contributed by atoms with Crippen molar-refractivity contribution in [2.75, 3.05) is 13.1 Å². The van der Waals surface area contributed by atoms with Crippen LogP contribution in [0, 0.1) is 10.1 Å². The van der Waals surface area contributed by atoms with Gasteiger partial charge in [0.1, 0.15) is 0 Å². The molecule has 0 aliphatic heterocycles. The lowest BCUT2D eigenvalue weighted by Crippen LogP contribution is -2.40. The van der Waals surface area contributed by atoms with Gasteiger partial charge >= 0.3 is 0 Å². The minimum Gasteiger partial charge on any atom is -0.353 e. The van der Waals surface area contributed by atoms with Crippen molar-refractivity contribution in [2.24, 2.45) is 0 Å². The minimum atomic E-state index is -0.404. The fourth-order valence-electron chi connectivity index (χ4n) is 2.33. The Morgan fingerprint density at radius 1 is 1.41 bits per heavy atom. The van der Waals surface area contributed by atoms with E-state index in [4.69, 9.17) is 0 Å². The Hall–Kier alpha value is -1.95. The minimum absolute atomic E-state index is 0.00627. The van der Waals surface area contributed by atoms with E-state index in [9.17, 15) is 14.9 Å². The first-order chi connectivity index (χ1) is 10.5. The van der Waals surface area contributed by atoms with Gasteiger partial charge in [-0.15, -0.1) is 0 Å². The molecule has 0 aliphatic rings. The highest BCUT2D eigenvalue weighted by molar-refractivity contribution is 5.78. The first-order valence-electron chi connectivity index (χ1n) is 7.71. The molecule has 22 heavy (non-hydrogen) atoms. The standard InChI is InChI=1S/C16H25N3O3/c1-4-7-13(3)17-16(20)12-18(5-2)11-14-8-6-9-15(10-14)19(21)22/h6,8-10,13H,4-5,7,11-12H2,1-3H3,(H,17,20)/t13-/m1/s1. The van der Waals surface area contributed by atoms with Crippen molar-refractivity contribution in [1.82, 2.24) is 10.2 Å². The summed E-state index contributed by atoms with van der Waals surface area (Å²) in [4.78, 5) is 24.4. The van der Waals surface area contributed by atoms with Gasteiger partial charge in [-0.1, -0.05) is 32.4 Å². The first kappa shape index (κ1) is 18.1. The second-order valence-electron chi connectivity index (χ2n) is 5.49. The predicted molar refractivity (Wildman–Crippen MR) is 86.6 cm³/mol. The number of nitrogens with one attached hydrogen (secondary N) is 1. The molecule has 1 atom stereocenters. The van der Waals surface area contributed by atoms with E-state index in [-0.39, 0.29) is 17.6 Å². The predicted octanol–water partition coefficient (Wildman–Crippen LogP) is 2.72. The fourth-order valence-corrected chi connectivity index (χ4v) is 2.33. The number of benzene rings is 1. The summed E-state index contributed by atoms with van der Waals surface area (Å²) in [6.45, 7) is 7.58. The van der Waals surface area contributed by atoms with E-state index in [2.05, 4.69) is 12.2 Å². The van der Waals surface area contributed by atoms with Crippen LogP contribution in [-0.4, -0.2) is 34.9 Å². The van der Waals surface area contributed by atoms with Gasteiger partial charge in [0.15, 0.2) is 0 Å². The molecule has 1 N–H and O–H groups in total. The van der Waals surface area contributed by atoms with Gasteiger partial charge in [0, 0.05) is 24.7 Å². The number of nitro groups is 1. The molecule has 0 radical (unpaired) electrons. The van der Waals surface area contributed by atoms with Crippen LogP contribution in [0.1, 0.15) is 39.2 Å². The van der Waals surface area contributed by atoms with E-state index in [1.165, 1.54) is 6.07 Å². The Morgan fingerprint density at radius 3 is 2.73 bits per heavy atom. The van der Waals surface area contributed by atoms with Crippen LogP contribution in [0.5, 0.6) is 0 Å². The molecular formula is C16H25N3O3. The van der Waals surface area contributed by atoms with Crippen LogP contribution in [0.3, 0.4) is 0 Å². The van der Waals surface area contributed by atoms with E-state index < -0.39 is 4.92 Å². The molecule has 0 aliphatic carbocycles. The van der Waals surface area contributed by atoms with Crippen molar-refractivity contribution in [3.8, 4) is 0 Å². The summed E-state index contributed by atoms with van der Waals surface area (Å²) in [5.74, 6) is -0.00627. The van der Waals surface area contributed by atoms with Gasteiger partial charge in [-0.2, -0.15) is 0 Å². The third kappa shape index (κ3) is 6.22. The molecule has 1 amide bonds. The molecule has 6 heteroatoms. The molecule has 1 rings (SSSR count). The lowest BCUT2D eigenvalue weighted by atomic mass is 10.2. The quantitative estimate of drug-likeness (QED) is 0.562. The number of non-ortho nitro benzene ring substituents is 1. The molecule has 6 nitrogen and oxygen atoms in total. The lowest BCUT2D eigenvalue weighted by Gasteiger charge is -2.21. The molecule has 0 heterocycles. The van der Waals surface area contributed by atoms with Crippen molar-refractivity contribution in [2.45, 2.75) is 46.2 Å². The number of carbonyl (C=O) groups is 1.